The van der Waals surface area contributed by atoms with Crippen LogP contribution in [0.1, 0.15) is 23.4 Å². The number of hydrogen-bond acceptors (Lipinski definition) is 2. The summed E-state index contributed by atoms with van der Waals surface area (Å²) in [7, 11) is 0. The van der Waals surface area contributed by atoms with Crippen LogP contribution in [0.2, 0.25) is 0 Å². The quantitative estimate of drug-likeness (QED) is 0.907. The van der Waals surface area contributed by atoms with Crippen molar-refractivity contribution in [2.45, 2.75) is 18.5 Å². The van der Waals surface area contributed by atoms with Crippen LogP contribution in [0.3, 0.4) is 0 Å². The molecule has 0 saturated carbocycles. The number of thioether (sulfide) groups is 1. The van der Waals surface area contributed by atoms with Crippen LogP contribution in [-0.4, -0.2) is 29.8 Å². The molecule has 1 fully saturated rings. The van der Waals surface area contributed by atoms with Crippen molar-refractivity contribution in [3.05, 3.63) is 35.4 Å². The Morgan fingerprint density at radius 2 is 2.25 bits per heavy atom. The van der Waals surface area contributed by atoms with E-state index in [2.05, 4.69) is 5.32 Å². The fourth-order valence-electron chi connectivity index (χ4n) is 2.08. The first kappa shape index (κ1) is 15.0. The van der Waals surface area contributed by atoms with Crippen LogP contribution < -0.4 is 5.32 Å². The van der Waals surface area contributed by atoms with Crippen molar-refractivity contribution in [2.24, 2.45) is 0 Å². The van der Waals surface area contributed by atoms with Crippen molar-refractivity contribution in [3.8, 4) is 0 Å². The molecule has 1 aliphatic heterocycles. The zero-order chi connectivity index (χ0) is 14.8. The average Bonchev–Trinajstić information content (AvgIpc) is 2.87. The van der Waals surface area contributed by atoms with E-state index in [1.807, 2.05) is 0 Å². The number of carbonyl (C=O) groups excluding carboxylic acids is 1. The fraction of sp³-hybridized carbons (Fsp3) is 0.462. The third kappa shape index (κ3) is 3.20. The molecule has 2 rings (SSSR count). The highest BCUT2D eigenvalue weighted by atomic mass is 32.2. The van der Waals surface area contributed by atoms with Gasteiger partial charge in [-0.05, 0) is 24.6 Å². The molecule has 1 aromatic carbocycles. The summed E-state index contributed by atoms with van der Waals surface area (Å²) in [5, 5.41) is 2.33. The summed E-state index contributed by atoms with van der Waals surface area (Å²) >= 11 is 1.47. The Kier molecular flexibility index (Phi) is 4.47. The number of alkyl halides is 3. The van der Waals surface area contributed by atoms with E-state index in [1.165, 1.54) is 17.8 Å². The van der Waals surface area contributed by atoms with Gasteiger partial charge in [0.2, 0.25) is 0 Å². The van der Waals surface area contributed by atoms with Gasteiger partial charge in [0.15, 0.2) is 0 Å². The van der Waals surface area contributed by atoms with E-state index < -0.39 is 11.7 Å². The molecule has 110 valence electrons. The highest BCUT2D eigenvalue weighted by molar-refractivity contribution is 7.99. The normalized spacial score (nSPS) is 19.2. The monoisotopic (exact) mass is 304 g/mol. The molecule has 0 radical (unpaired) electrons. The molecule has 0 spiro atoms. The summed E-state index contributed by atoms with van der Waals surface area (Å²) in [6.07, 6.45) is -4.37. The predicted octanol–water partition coefficient (Wildman–Crippen LogP) is 3.48. The van der Waals surface area contributed by atoms with E-state index in [1.54, 1.807) is 17.9 Å². The Bertz CT molecular complexity index is 493. The van der Waals surface area contributed by atoms with Crippen LogP contribution in [-0.2, 0) is 6.18 Å². The van der Waals surface area contributed by atoms with Gasteiger partial charge in [-0.15, -0.1) is 11.8 Å². The summed E-state index contributed by atoms with van der Waals surface area (Å²) < 4.78 is 38.2. The maximum Gasteiger partial charge on any atom is 0.416 e. The molecule has 1 atom stereocenters. The summed E-state index contributed by atoms with van der Waals surface area (Å²) in [4.78, 5) is 13.5. The minimum atomic E-state index is -4.37. The smallest absolute Gasteiger partial charge is 0.338 e. The highest BCUT2D eigenvalue weighted by Crippen LogP contribution is 2.39. The minimum Gasteiger partial charge on any atom is -0.338 e. The molecular formula is C13H15F3N2OS. The molecule has 3 nitrogen and oxygen atoms in total. The van der Waals surface area contributed by atoms with Crippen LogP contribution in [0.4, 0.5) is 18.0 Å². The van der Waals surface area contributed by atoms with Crippen LogP contribution in [0.5, 0.6) is 0 Å². The highest BCUT2D eigenvalue weighted by Gasteiger charge is 2.34. The van der Waals surface area contributed by atoms with Gasteiger partial charge in [-0.3, -0.25) is 0 Å². The Labute approximate surface area is 119 Å². The summed E-state index contributed by atoms with van der Waals surface area (Å²) in [6.45, 7) is 2.84. The second-order valence-corrected chi connectivity index (χ2v) is 5.56. The Balaban J connectivity index is 2.24. The van der Waals surface area contributed by atoms with Gasteiger partial charge in [-0.2, -0.15) is 13.2 Å². The summed E-state index contributed by atoms with van der Waals surface area (Å²) in [6, 6.07) is 4.94. The van der Waals surface area contributed by atoms with E-state index in [0.29, 0.717) is 18.7 Å². The largest absolute Gasteiger partial charge is 0.416 e. The molecule has 0 aliphatic carbocycles. The first-order chi connectivity index (χ1) is 9.43. The lowest BCUT2D eigenvalue weighted by Gasteiger charge is -2.24. The zero-order valence-electron chi connectivity index (χ0n) is 10.9. The first-order valence-electron chi connectivity index (χ1n) is 6.26. The topological polar surface area (TPSA) is 32.3 Å². The standard InChI is InChI=1S/C13H15F3N2OS/c1-2-17-12(19)18-6-7-20-11(18)9-4-3-5-10(8-9)13(14,15)16/h3-5,8,11H,2,6-7H2,1H3,(H,17,19)/t11-/m1/s1. The first-order valence-corrected chi connectivity index (χ1v) is 7.31. The maximum atomic E-state index is 12.7. The van der Waals surface area contributed by atoms with Crippen molar-refractivity contribution in [2.75, 3.05) is 18.8 Å². The van der Waals surface area contributed by atoms with Gasteiger partial charge in [0.1, 0.15) is 5.37 Å². The van der Waals surface area contributed by atoms with Gasteiger partial charge in [0.05, 0.1) is 5.56 Å². The molecule has 1 aromatic rings. The molecule has 1 heterocycles. The number of carbonyl (C=O) groups is 1. The molecule has 20 heavy (non-hydrogen) atoms. The van der Waals surface area contributed by atoms with Crippen LogP contribution in [0.25, 0.3) is 0 Å². The summed E-state index contributed by atoms with van der Waals surface area (Å²) in [5.74, 6) is 0.720. The van der Waals surface area contributed by atoms with Crippen molar-refractivity contribution in [1.82, 2.24) is 10.2 Å². The molecule has 2 amide bonds. The predicted molar refractivity (Wildman–Crippen MR) is 72.4 cm³/mol. The van der Waals surface area contributed by atoms with E-state index in [4.69, 9.17) is 0 Å². The number of rotatable bonds is 2. The minimum absolute atomic E-state index is 0.236. The maximum absolute atomic E-state index is 12.7. The lowest BCUT2D eigenvalue weighted by atomic mass is 10.1. The van der Waals surface area contributed by atoms with Gasteiger partial charge in [-0.25, -0.2) is 4.79 Å². The number of benzene rings is 1. The molecule has 1 N–H and O–H groups in total. The Morgan fingerprint density at radius 3 is 2.90 bits per heavy atom. The molecule has 7 heteroatoms. The van der Waals surface area contributed by atoms with E-state index >= 15 is 0 Å². The third-order valence-electron chi connectivity index (χ3n) is 2.98. The second-order valence-electron chi connectivity index (χ2n) is 4.38. The molecule has 0 bridgehead atoms. The van der Waals surface area contributed by atoms with E-state index in [9.17, 15) is 18.0 Å². The second kappa shape index (κ2) is 5.95. The SMILES string of the molecule is CCNC(=O)N1CCS[C@@H]1c1cccc(C(F)(F)F)c1. The van der Waals surface area contributed by atoms with E-state index in [0.717, 1.165) is 17.9 Å². The van der Waals surface area contributed by atoms with Crippen molar-refractivity contribution < 1.29 is 18.0 Å². The van der Waals surface area contributed by atoms with Gasteiger partial charge in [0, 0.05) is 18.8 Å². The molecule has 1 saturated heterocycles. The zero-order valence-corrected chi connectivity index (χ0v) is 11.7. The number of nitrogens with one attached hydrogen (secondary N) is 1. The van der Waals surface area contributed by atoms with Gasteiger partial charge in [0.25, 0.3) is 0 Å². The molecule has 0 aromatic heterocycles. The third-order valence-corrected chi connectivity index (χ3v) is 4.24. The number of amides is 2. The van der Waals surface area contributed by atoms with Crippen molar-refractivity contribution in [1.29, 1.82) is 0 Å². The number of halogens is 3. The summed E-state index contributed by atoms with van der Waals surface area (Å²) in [5.41, 5.74) is -0.174. The average molecular weight is 304 g/mol. The molecular weight excluding hydrogens is 289 g/mol. The van der Waals surface area contributed by atoms with Crippen LogP contribution >= 0.6 is 11.8 Å². The fourth-order valence-corrected chi connectivity index (χ4v) is 3.32. The lowest BCUT2D eigenvalue weighted by molar-refractivity contribution is -0.137. The van der Waals surface area contributed by atoms with Gasteiger partial charge < -0.3 is 10.2 Å². The Hall–Kier alpha value is -1.37. The van der Waals surface area contributed by atoms with Crippen molar-refractivity contribution >= 4 is 17.8 Å². The van der Waals surface area contributed by atoms with Gasteiger partial charge >= 0.3 is 12.2 Å². The van der Waals surface area contributed by atoms with Gasteiger partial charge in [-0.1, -0.05) is 12.1 Å². The number of nitrogens with zero attached hydrogens (tertiary/aromatic N) is 1. The molecule has 1 aliphatic rings. The van der Waals surface area contributed by atoms with Crippen LogP contribution in [0.15, 0.2) is 24.3 Å². The lowest BCUT2D eigenvalue weighted by Crippen LogP contribution is -2.39. The van der Waals surface area contributed by atoms with E-state index in [-0.39, 0.29) is 11.4 Å². The van der Waals surface area contributed by atoms with Crippen LogP contribution in [0, 0.1) is 0 Å². The number of urea groups is 1. The Morgan fingerprint density at radius 1 is 1.50 bits per heavy atom. The molecule has 0 unspecified atom stereocenters. The van der Waals surface area contributed by atoms with Crippen molar-refractivity contribution in [3.63, 3.8) is 0 Å². The number of hydrogen-bond donors (Lipinski definition) is 1.